The van der Waals surface area contributed by atoms with Gasteiger partial charge in [0.2, 0.25) is 0 Å². The molecular weight excluding hydrogens is 396 g/mol. The van der Waals surface area contributed by atoms with Crippen LogP contribution in [0.2, 0.25) is 0 Å². The Kier molecular flexibility index (Phi) is 7.02. The summed E-state index contributed by atoms with van der Waals surface area (Å²) < 4.78 is 12.1. The van der Waals surface area contributed by atoms with Gasteiger partial charge in [0.25, 0.3) is 0 Å². The first kappa shape index (κ1) is 22.2. The normalized spacial score (nSPS) is 20.8. The maximum Gasteiger partial charge on any atom is 0.119 e. The molecule has 1 aliphatic carbocycles. The van der Waals surface area contributed by atoms with Crippen LogP contribution in [0, 0.1) is 11.8 Å². The quantitative estimate of drug-likeness (QED) is 0.383. The van der Waals surface area contributed by atoms with Gasteiger partial charge in [0, 0.05) is 13.0 Å². The second kappa shape index (κ2) is 10.1. The minimum Gasteiger partial charge on any atom is -0.513 e. The molecule has 4 rings (SSSR count). The highest BCUT2D eigenvalue weighted by Crippen LogP contribution is 2.41. The van der Waals surface area contributed by atoms with Crippen LogP contribution >= 0.6 is 0 Å². The van der Waals surface area contributed by atoms with Crippen LogP contribution in [0.1, 0.15) is 68.1 Å². The first-order valence-corrected chi connectivity index (χ1v) is 11.5. The molecule has 0 aromatic heterocycles. The van der Waals surface area contributed by atoms with Crippen molar-refractivity contribution in [2.75, 3.05) is 6.61 Å². The molecule has 2 aromatic rings. The van der Waals surface area contributed by atoms with Crippen molar-refractivity contribution in [1.29, 1.82) is 0 Å². The van der Waals surface area contributed by atoms with Crippen molar-refractivity contribution >= 4 is 5.57 Å². The van der Waals surface area contributed by atoms with Crippen molar-refractivity contribution in [3.8, 4) is 17.6 Å². The summed E-state index contributed by atoms with van der Waals surface area (Å²) in [5, 5.41) is 9.55. The molecule has 0 radical (unpaired) electrons. The molecule has 0 amide bonds. The van der Waals surface area contributed by atoms with Gasteiger partial charge < -0.3 is 14.6 Å². The van der Waals surface area contributed by atoms with E-state index in [1.807, 2.05) is 31.2 Å². The smallest absolute Gasteiger partial charge is 0.119 e. The topological polar surface area (TPSA) is 38.7 Å². The monoisotopic (exact) mass is 428 g/mol. The Morgan fingerprint density at radius 1 is 1.22 bits per heavy atom. The molecule has 2 atom stereocenters. The van der Waals surface area contributed by atoms with Gasteiger partial charge >= 0.3 is 0 Å². The molecule has 166 valence electrons. The predicted octanol–water partition coefficient (Wildman–Crippen LogP) is 6.95. The van der Waals surface area contributed by atoms with E-state index >= 15 is 0 Å². The average molecular weight is 429 g/mol. The van der Waals surface area contributed by atoms with Gasteiger partial charge in [0.15, 0.2) is 0 Å². The van der Waals surface area contributed by atoms with E-state index in [9.17, 15) is 5.11 Å². The molecular formula is C29H32O3. The minimum atomic E-state index is -0.0548. The van der Waals surface area contributed by atoms with E-state index in [0.29, 0.717) is 13.0 Å². The van der Waals surface area contributed by atoms with Gasteiger partial charge in [-0.1, -0.05) is 48.9 Å². The first-order chi connectivity index (χ1) is 15.6. The predicted molar refractivity (Wildman–Crippen MR) is 130 cm³/mol. The van der Waals surface area contributed by atoms with Crippen LogP contribution in [0.15, 0.2) is 66.9 Å². The van der Waals surface area contributed by atoms with Crippen LogP contribution in [0.5, 0.6) is 5.75 Å². The lowest BCUT2D eigenvalue weighted by Crippen LogP contribution is -2.29. The summed E-state index contributed by atoms with van der Waals surface area (Å²) in [5.74, 6) is 6.99. The van der Waals surface area contributed by atoms with Gasteiger partial charge in [-0.05, 0) is 79.5 Å². The molecule has 0 bridgehead atoms. The Balaban J connectivity index is 1.37. The maximum atomic E-state index is 9.55. The fourth-order valence-electron chi connectivity index (χ4n) is 4.74. The van der Waals surface area contributed by atoms with Crippen LogP contribution in [-0.2, 0) is 11.3 Å². The summed E-state index contributed by atoms with van der Waals surface area (Å²) in [7, 11) is 0. The minimum absolute atomic E-state index is 0.0548. The van der Waals surface area contributed by atoms with E-state index in [4.69, 9.17) is 9.47 Å². The molecule has 0 saturated carbocycles. The van der Waals surface area contributed by atoms with E-state index in [0.717, 1.165) is 42.7 Å². The lowest BCUT2D eigenvalue weighted by Gasteiger charge is -2.32. The standard InChI is InChI=1S/C29H32O3/c1-3-6-26(19-22(2)30)24-9-11-28(12-10-24)31-21-23-7-4-8-27(20-23)25-13-16-29(17-14-25)15-5-18-32-29/h4,7-13,20,26,30H,2,5,14-19,21H2,1H3. The Morgan fingerprint density at radius 3 is 2.72 bits per heavy atom. The number of aliphatic hydroxyl groups is 1. The molecule has 1 fully saturated rings. The van der Waals surface area contributed by atoms with Gasteiger partial charge in [-0.15, -0.1) is 5.92 Å². The summed E-state index contributed by atoms with van der Waals surface area (Å²) in [6.45, 7) is 6.85. The third-order valence-electron chi connectivity index (χ3n) is 6.50. The zero-order valence-corrected chi connectivity index (χ0v) is 18.9. The van der Waals surface area contributed by atoms with Crippen LogP contribution in [0.4, 0.5) is 0 Å². The summed E-state index contributed by atoms with van der Waals surface area (Å²) in [5.41, 5.74) is 5.04. The highest BCUT2D eigenvalue weighted by atomic mass is 16.5. The third-order valence-corrected chi connectivity index (χ3v) is 6.50. The number of rotatable bonds is 7. The SMILES string of the molecule is C=C(O)CC(C#CC)c1ccc(OCc2cccc(C3=CCC4(CCCO4)CC3)c2)cc1. The summed E-state index contributed by atoms with van der Waals surface area (Å²) >= 11 is 0. The number of hydrogen-bond acceptors (Lipinski definition) is 3. The van der Waals surface area contributed by atoms with Crippen LogP contribution in [-0.4, -0.2) is 17.3 Å². The van der Waals surface area contributed by atoms with E-state index in [1.54, 1.807) is 0 Å². The fourth-order valence-corrected chi connectivity index (χ4v) is 4.74. The molecule has 1 aliphatic heterocycles. The van der Waals surface area contributed by atoms with Crippen molar-refractivity contribution in [2.24, 2.45) is 0 Å². The second-order valence-corrected chi connectivity index (χ2v) is 8.84. The number of hydrogen-bond donors (Lipinski definition) is 1. The van der Waals surface area contributed by atoms with E-state index in [-0.39, 0.29) is 17.3 Å². The van der Waals surface area contributed by atoms with Gasteiger partial charge in [-0.25, -0.2) is 0 Å². The van der Waals surface area contributed by atoms with Gasteiger partial charge in [-0.2, -0.15) is 0 Å². The number of allylic oxidation sites excluding steroid dienone is 2. The molecule has 1 spiro atoms. The van der Waals surface area contributed by atoms with Crippen molar-refractivity contribution in [3.05, 3.63) is 83.6 Å². The highest BCUT2D eigenvalue weighted by molar-refractivity contribution is 5.67. The average Bonchev–Trinajstić information content (AvgIpc) is 3.26. The fraction of sp³-hybridized carbons (Fsp3) is 0.379. The van der Waals surface area contributed by atoms with Crippen LogP contribution in [0.25, 0.3) is 5.57 Å². The second-order valence-electron chi connectivity index (χ2n) is 8.84. The molecule has 32 heavy (non-hydrogen) atoms. The Morgan fingerprint density at radius 2 is 2.06 bits per heavy atom. The molecule has 3 heteroatoms. The first-order valence-electron chi connectivity index (χ1n) is 11.5. The van der Waals surface area contributed by atoms with Gasteiger partial charge in [0.1, 0.15) is 12.4 Å². The molecule has 2 aliphatic rings. The maximum absolute atomic E-state index is 9.55. The molecule has 3 nitrogen and oxygen atoms in total. The Bertz CT molecular complexity index is 1030. The molecule has 1 heterocycles. The van der Waals surface area contributed by atoms with E-state index in [2.05, 4.69) is 48.8 Å². The molecule has 1 N–H and O–H groups in total. The highest BCUT2D eigenvalue weighted by Gasteiger charge is 2.36. The zero-order chi connectivity index (χ0) is 22.4. The molecule has 2 aromatic carbocycles. The third kappa shape index (κ3) is 5.44. The molecule has 2 unspecified atom stereocenters. The van der Waals surface area contributed by atoms with Crippen molar-refractivity contribution in [3.63, 3.8) is 0 Å². The number of aliphatic hydroxyl groups excluding tert-OH is 1. The van der Waals surface area contributed by atoms with Gasteiger partial charge in [0.05, 0.1) is 17.3 Å². The largest absolute Gasteiger partial charge is 0.513 e. The van der Waals surface area contributed by atoms with Crippen molar-refractivity contribution in [2.45, 2.75) is 63.6 Å². The van der Waals surface area contributed by atoms with Crippen molar-refractivity contribution in [1.82, 2.24) is 0 Å². The summed E-state index contributed by atoms with van der Waals surface area (Å²) in [4.78, 5) is 0. The Hall–Kier alpha value is -2.96. The van der Waals surface area contributed by atoms with Crippen molar-refractivity contribution < 1.29 is 14.6 Å². The van der Waals surface area contributed by atoms with E-state index < -0.39 is 0 Å². The van der Waals surface area contributed by atoms with Crippen LogP contribution < -0.4 is 4.74 Å². The number of ether oxygens (including phenoxy) is 2. The lowest BCUT2D eigenvalue weighted by molar-refractivity contribution is -0.00158. The van der Waals surface area contributed by atoms with E-state index in [1.165, 1.54) is 24.0 Å². The summed E-state index contributed by atoms with van der Waals surface area (Å²) in [6, 6.07) is 16.6. The van der Waals surface area contributed by atoms with Crippen LogP contribution in [0.3, 0.4) is 0 Å². The zero-order valence-electron chi connectivity index (χ0n) is 18.9. The lowest BCUT2D eigenvalue weighted by atomic mass is 9.81. The molecule has 1 saturated heterocycles. The number of benzene rings is 2. The van der Waals surface area contributed by atoms with Gasteiger partial charge in [-0.3, -0.25) is 0 Å². The Labute approximate surface area is 191 Å². The summed E-state index contributed by atoms with van der Waals surface area (Å²) in [6.07, 6.45) is 8.45.